The average molecular weight is 453 g/mol. The molecule has 4 heteroatoms. The first-order valence-electron chi connectivity index (χ1n) is 9.64. The predicted molar refractivity (Wildman–Crippen MR) is 126 cm³/mol. The number of hydrogen-bond donors (Lipinski definition) is 0. The van der Waals surface area contributed by atoms with E-state index in [0.717, 1.165) is 32.0 Å². The third kappa shape index (κ3) is 3.46. The highest BCUT2D eigenvalue weighted by Crippen LogP contribution is 2.19. The fourth-order valence-electron chi connectivity index (χ4n) is 3.63. The molecule has 0 bridgehead atoms. The lowest BCUT2D eigenvalue weighted by molar-refractivity contribution is 0.933. The SMILES string of the molecule is O=c1c2ccccc2ccc(=Nc2cccc(Br)c2)n1-c1ccc2ccccc2c1. The van der Waals surface area contributed by atoms with Gasteiger partial charge in [0.2, 0.25) is 0 Å². The van der Waals surface area contributed by atoms with Gasteiger partial charge >= 0.3 is 0 Å². The summed E-state index contributed by atoms with van der Waals surface area (Å²) < 4.78 is 2.63. The van der Waals surface area contributed by atoms with E-state index in [0.29, 0.717) is 10.9 Å². The van der Waals surface area contributed by atoms with Gasteiger partial charge in [-0.2, -0.15) is 0 Å². The number of nitrogens with zero attached hydrogens (tertiary/aromatic N) is 2. The van der Waals surface area contributed by atoms with E-state index in [4.69, 9.17) is 4.99 Å². The van der Waals surface area contributed by atoms with E-state index in [1.165, 1.54) is 0 Å². The third-order valence-corrected chi connectivity index (χ3v) is 5.57. The van der Waals surface area contributed by atoms with Crippen molar-refractivity contribution >= 4 is 43.2 Å². The van der Waals surface area contributed by atoms with Crippen molar-refractivity contribution in [3.8, 4) is 5.69 Å². The summed E-state index contributed by atoms with van der Waals surface area (Å²) in [5, 5.41) is 3.74. The lowest BCUT2D eigenvalue weighted by Gasteiger charge is -2.07. The summed E-state index contributed by atoms with van der Waals surface area (Å²) in [4.78, 5) is 18.5. The second-order valence-corrected chi connectivity index (χ2v) is 7.96. The Morgan fingerprint density at radius 3 is 2.23 bits per heavy atom. The molecule has 144 valence electrons. The first kappa shape index (κ1) is 18.5. The van der Waals surface area contributed by atoms with Crippen LogP contribution in [0.5, 0.6) is 0 Å². The van der Waals surface area contributed by atoms with Gasteiger partial charge in [-0.15, -0.1) is 0 Å². The summed E-state index contributed by atoms with van der Waals surface area (Å²) in [6.07, 6.45) is 0. The first-order valence-corrected chi connectivity index (χ1v) is 10.4. The van der Waals surface area contributed by atoms with Crippen LogP contribution in [0.4, 0.5) is 5.69 Å². The highest BCUT2D eigenvalue weighted by atomic mass is 79.9. The smallest absolute Gasteiger partial charge is 0.264 e. The molecule has 1 aromatic heterocycles. The number of fused-ring (bicyclic) bond motifs is 2. The molecule has 1 heterocycles. The van der Waals surface area contributed by atoms with Crippen molar-refractivity contribution in [1.29, 1.82) is 0 Å². The molecule has 0 saturated heterocycles. The topological polar surface area (TPSA) is 34.4 Å². The molecule has 0 aliphatic rings. The predicted octanol–water partition coefficient (Wildman–Crippen LogP) is 6.14. The lowest BCUT2D eigenvalue weighted by Crippen LogP contribution is -2.28. The number of rotatable bonds is 2. The van der Waals surface area contributed by atoms with Gasteiger partial charge in [-0.1, -0.05) is 76.6 Å². The molecule has 30 heavy (non-hydrogen) atoms. The molecule has 4 aromatic carbocycles. The van der Waals surface area contributed by atoms with Gasteiger partial charge in [-0.3, -0.25) is 9.36 Å². The summed E-state index contributed by atoms with van der Waals surface area (Å²) in [6, 6.07) is 33.4. The molecule has 0 unspecified atom stereocenters. The number of halogens is 1. The fraction of sp³-hybridized carbons (Fsp3) is 0. The van der Waals surface area contributed by atoms with Crippen molar-refractivity contribution in [3.63, 3.8) is 0 Å². The van der Waals surface area contributed by atoms with Gasteiger partial charge in [-0.25, -0.2) is 4.99 Å². The van der Waals surface area contributed by atoms with Crippen LogP contribution in [-0.2, 0) is 0 Å². The zero-order valence-electron chi connectivity index (χ0n) is 16.0. The fourth-order valence-corrected chi connectivity index (χ4v) is 4.02. The highest BCUT2D eigenvalue weighted by molar-refractivity contribution is 9.10. The maximum absolute atomic E-state index is 13.6. The molecule has 0 N–H and O–H groups in total. The molecule has 0 aliphatic carbocycles. The monoisotopic (exact) mass is 452 g/mol. The van der Waals surface area contributed by atoms with Gasteiger partial charge in [-0.05, 0) is 58.6 Å². The number of aromatic nitrogens is 1. The van der Waals surface area contributed by atoms with E-state index >= 15 is 0 Å². The molecule has 3 nitrogen and oxygen atoms in total. The van der Waals surface area contributed by atoms with Crippen LogP contribution in [0.15, 0.2) is 117 Å². The minimum absolute atomic E-state index is 0.0976. The Labute approximate surface area is 181 Å². The summed E-state index contributed by atoms with van der Waals surface area (Å²) in [7, 11) is 0. The quantitative estimate of drug-likeness (QED) is 0.316. The molecule has 0 spiro atoms. The summed E-state index contributed by atoms with van der Waals surface area (Å²) in [5.41, 5.74) is 2.03. The van der Waals surface area contributed by atoms with E-state index in [2.05, 4.69) is 28.1 Å². The van der Waals surface area contributed by atoms with Crippen molar-refractivity contribution in [2.45, 2.75) is 0 Å². The molecular weight excluding hydrogens is 436 g/mol. The van der Waals surface area contributed by atoms with Crippen LogP contribution in [0, 0.1) is 0 Å². The minimum Gasteiger partial charge on any atom is -0.268 e. The van der Waals surface area contributed by atoms with Gasteiger partial charge in [0.15, 0.2) is 0 Å². The maximum atomic E-state index is 13.6. The molecule has 0 fully saturated rings. The molecular formula is C26H17BrN2O. The average Bonchev–Trinajstić information content (AvgIpc) is 2.90. The summed E-state index contributed by atoms with van der Waals surface area (Å²) in [6.45, 7) is 0. The largest absolute Gasteiger partial charge is 0.268 e. The lowest BCUT2D eigenvalue weighted by atomic mass is 10.1. The summed E-state index contributed by atoms with van der Waals surface area (Å²) in [5.74, 6) is 0. The Morgan fingerprint density at radius 2 is 1.40 bits per heavy atom. The Bertz CT molecular complexity index is 1540. The van der Waals surface area contributed by atoms with Crippen molar-refractivity contribution in [1.82, 2.24) is 4.57 Å². The zero-order valence-corrected chi connectivity index (χ0v) is 17.6. The van der Waals surface area contributed by atoms with Crippen molar-refractivity contribution in [3.05, 3.63) is 123 Å². The molecule has 5 rings (SSSR count). The normalized spacial score (nSPS) is 11.8. The molecule has 0 aliphatic heterocycles. The Hall–Kier alpha value is -3.50. The van der Waals surface area contributed by atoms with Gasteiger partial charge in [0.05, 0.1) is 11.4 Å². The van der Waals surface area contributed by atoms with Crippen LogP contribution in [-0.4, -0.2) is 4.57 Å². The molecule has 0 radical (unpaired) electrons. The van der Waals surface area contributed by atoms with E-state index < -0.39 is 0 Å². The number of hydrogen-bond acceptors (Lipinski definition) is 2. The van der Waals surface area contributed by atoms with E-state index in [9.17, 15) is 4.79 Å². The van der Waals surface area contributed by atoms with Crippen molar-refractivity contribution in [2.75, 3.05) is 0 Å². The van der Waals surface area contributed by atoms with Gasteiger partial charge in [0.25, 0.3) is 5.56 Å². The van der Waals surface area contributed by atoms with Gasteiger partial charge in [0, 0.05) is 9.86 Å². The standard InChI is InChI=1S/C26H17BrN2O/c27-21-9-5-10-22(17-21)28-25-15-13-19-7-3-4-11-24(19)26(30)29(25)23-14-12-18-6-1-2-8-20(18)16-23/h1-17H. The van der Waals surface area contributed by atoms with Crippen LogP contribution >= 0.6 is 15.9 Å². The maximum Gasteiger partial charge on any atom is 0.264 e. The van der Waals surface area contributed by atoms with Crippen LogP contribution < -0.4 is 11.0 Å². The first-order chi connectivity index (χ1) is 14.7. The highest BCUT2D eigenvalue weighted by Gasteiger charge is 2.07. The van der Waals surface area contributed by atoms with Crippen LogP contribution in [0.1, 0.15) is 0 Å². The van der Waals surface area contributed by atoms with E-state index in [-0.39, 0.29) is 5.56 Å². The van der Waals surface area contributed by atoms with Crippen LogP contribution in [0.3, 0.4) is 0 Å². The van der Waals surface area contributed by atoms with Crippen LogP contribution in [0.2, 0.25) is 0 Å². The second-order valence-electron chi connectivity index (χ2n) is 7.04. The minimum atomic E-state index is -0.0976. The van der Waals surface area contributed by atoms with Crippen molar-refractivity contribution in [2.24, 2.45) is 4.99 Å². The molecule has 5 aromatic rings. The second kappa shape index (κ2) is 7.73. The van der Waals surface area contributed by atoms with E-state index in [1.807, 2.05) is 91.0 Å². The Kier molecular flexibility index (Phi) is 4.77. The Morgan fingerprint density at radius 1 is 0.667 bits per heavy atom. The molecule has 0 atom stereocenters. The van der Waals surface area contributed by atoms with Gasteiger partial charge < -0.3 is 0 Å². The molecule has 0 amide bonds. The Balaban J connectivity index is 1.90. The zero-order chi connectivity index (χ0) is 20.5. The summed E-state index contributed by atoms with van der Waals surface area (Å²) >= 11 is 3.50. The molecule has 0 saturated carbocycles. The van der Waals surface area contributed by atoms with Crippen LogP contribution in [0.25, 0.3) is 27.2 Å². The van der Waals surface area contributed by atoms with Gasteiger partial charge in [0.1, 0.15) is 5.49 Å². The van der Waals surface area contributed by atoms with E-state index in [1.54, 1.807) is 4.57 Å². The van der Waals surface area contributed by atoms with Crippen molar-refractivity contribution < 1.29 is 0 Å². The third-order valence-electron chi connectivity index (χ3n) is 5.08. The number of benzene rings is 4.